The minimum absolute atomic E-state index is 0.0642. The summed E-state index contributed by atoms with van der Waals surface area (Å²) >= 11 is 7.81. The van der Waals surface area contributed by atoms with Crippen molar-refractivity contribution in [3.8, 4) is 0 Å². The summed E-state index contributed by atoms with van der Waals surface area (Å²) in [5, 5.41) is 1.52. The Labute approximate surface area is 160 Å². The van der Waals surface area contributed by atoms with Gasteiger partial charge in [0, 0.05) is 24.2 Å². The fraction of sp³-hybridized carbons (Fsp3) is 0.167. The van der Waals surface area contributed by atoms with Gasteiger partial charge in [0.25, 0.3) is 0 Å². The zero-order chi connectivity index (χ0) is 18.9. The van der Waals surface area contributed by atoms with Gasteiger partial charge >= 0.3 is 5.97 Å². The quantitative estimate of drug-likeness (QED) is 0.593. The third-order valence-electron chi connectivity index (χ3n) is 3.80. The van der Waals surface area contributed by atoms with E-state index in [0.29, 0.717) is 5.02 Å². The average Bonchev–Trinajstić information content (AvgIpc) is 2.96. The van der Waals surface area contributed by atoms with Crippen LogP contribution in [0.1, 0.15) is 15.2 Å². The Morgan fingerprint density at radius 2 is 1.77 bits per heavy atom. The van der Waals surface area contributed by atoms with Crippen LogP contribution in [-0.4, -0.2) is 32.8 Å². The maximum atomic E-state index is 12.2. The molecule has 0 aliphatic rings. The van der Waals surface area contributed by atoms with Gasteiger partial charge in [0.2, 0.25) is 10.0 Å². The van der Waals surface area contributed by atoms with Crippen LogP contribution in [0.4, 0.5) is 0 Å². The zero-order valence-electron chi connectivity index (χ0n) is 14.1. The lowest BCUT2D eigenvalue weighted by Crippen LogP contribution is -2.22. The van der Waals surface area contributed by atoms with Crippen LogP contribution in [-0.2, 0) is 21.4 Å². The third kappa shape index (κ3) is 3.61. The summed E-state index contributed by atoms with van der Waals surface area (Å²) in [7, 11) is -0.628. The van der Waals surface area contributed by atoms with Crippen LogP contribution < -0.4 is 0 Å². The lowest BCUT2D eigenvalue weighted by molar-refractivity contribution is 0.0477. The molecule has 0 aliphatic carbocycles. The monoisotopic (exact) mass is 409 g/mol. The zero-order valence-corrected chi connectivity index (χ0v) is 16.5. The summed E-state index contributed by atoms with van der Waals surface area (Å²) in [4.78, 5) is 13.1. The molecule has 26 heavy (non-hydrogen) atoms. The molecule has 0 radical (unpaired) electrons. The number of esters is 1. The maximum absolute atomic E-state index is 12.2. The first kappa shape index (κ1) is 18.8. The summed E-state index contributed by atoms with van der Waals surface area (Å²) in [6.45, 7) is 0.0642. The molecule has 2 aromatic carbocycles. The van der Waals surface area contributed by atoms with Gasteiger partial charge in [-0.25, -0.2) is 17.5 Å². The van der Waals surface area contributed by atoms with Crippen molar-refractivity contribution in [2.75, 3.05) is 14.1 Å². The first-order valence-electron chi connectivity index (χ1n) is 7.66. The minimum atomic E-state index is -3.53. The Hall–Kier alpha value is -1.93. The number of halogens is 1. The second-order valence-corrected chi connectivity index (χ2v) is 9.39. The number of rotatable bonds is 5. The van der Waals surface area contributed by atoms with E-state index in [1.54, 1.807) is 0 Å². The lowest BCUT2D eigenvalue weighted by atomic mass is 10.2. The molecule has 5 nitrogen and oxygen atoms in total. The number of carbonyl (C=O) groups is 1. The van der Waals surface area contributed by atoms with Gasteiger partial charge in [0.1, 0.15) is 6.61 Å². The smallest absolute Gasteiger partial charge is 0.338 e. The first-order chi connectivity index (χ1) is 12.3. The predicted octanol–water partition coefficient (Wildman–Crippen LogP) is 4.16. The van der Waals surface area contributed by atoms with E-state index in [1.807, 2.05) is 24.3 Å². The Balaban J connectivity index is 1.73. The van der Waals surface area contributed by atoms with Gasteiger partial charge in [-0.15, -0.1) is 11.3 Å². The number of sulfonamides is 1. The van der Waals surface area contributed by atoms with E-state index < -0.39 is 16.0 Å². The number of benzene rings is 2. The van der Waals surface area contributed by atoms with E-state index in [0.717, 1.165) is 19.3 Å². The molecule has 0 unspecified atom stereocenters. The second-order valence-electron chi connectivity index (χ2n) is 5.72. The van der Waals surface area contributed by atoms with Crippen LogP contribution in [0.25, 0.3) is 10.1 Å². The summed E-state index contributed by atoms with van der Waals surface area (Å²) < 4.78 is 31.6. The van der Waals surface area contributed by atoms with Crippen LogP contribution in [0.2, 0.25) is 5.02 Å². The van der Waals surface area contributed by atoms with Gasteiger partial charge in [-0.05, 0) is 30.3 Å². The Kier molecular flexibility index (Phi) is 5.34. The van der Waals surface area contributed by atoms with Crippen LogP contribution in [0.5, 0.6) is 0 Å². The number of nitrogens with zero attached hydrogens (tertiary/aromatic N) is 1. The molecule has 1 aromatic heterocycles. The summed E-state index contributed by atoms with van der Waals surface area (Å²) in [5.74, 6) is -0.535. The molecular weight excluding hydrogens is 394 g/mol. The highest BCUT2D eigenvalue weighted by Crippen LogP contribution is 2.35. The van der Waals surface area contributed by atoms with Crippen LogP contribution in [0.3, 0.4) is 0 Å². The van der Waals surface area contributed by atoms with Crippen molar-refractivity contribution in [1.82, 2.24) is 4.31 Å². The fourth-order valence-corrected chi connectivity index (χ4v) is 4.65. The highest BCUT2D eigenvalue weighted by Gasteiger charge is 2.18. The number of ether oxygens (including phenoxy) is 1. The molecule has 136 valence electrons. The molecule has 0 N–H and O–H groups in total. The summed E-state index contributed by atoms with van der Waals surface area (Å²) in [6.07, 6.45) is 0. The fourth-order valence-electron chi connectivity index (χ4n) is 2.35. The van der Waals surface area contributed by atoms with Crippen LogP contribution >= 0.6 is 22.9 Å². The Bertz CT molecular complexity index is 1060. The third-order valence-corrected chi connectivity index (χ3v) is 7.32. The highest BCUT2D eigenvalue weighted by molar-refractivity contribution is 7.89. The molecular formula is C18H16ClNO4S2. The molecule has 1 heterocycles. The topological polar surface area (TPSA) is 63.7 Å². The Morgan fingerprint density at radius 3 is 2.38 bits per heavy atom. The molecule has 0 atom stereocenters. The van der Waals surface area contributed by atoms with E-state index in [1.165, 1.54) is 49.7 Å². The van der Waals surface area contributed by atoms with Crippen LogP contribution in [0, 0.1) is 0 Å². The van der Waals surface area contributed by atoms with Crippen molar-refractivity contribution in [1.29, 1.82) is 0 Å². The number of hydrogen-bond acceptors (Lipinski definition) is 5. The second kappa shape index (κ2) is 7.36. The van der Waals surface area contributed by atoms with Gasteiger partial charge in [0.15, 0.2) is 0 Å². The minimum Gasteiger partial charge on any atom is -0.456 e. The predicted molar refractivity (Wildman–Crippen MR) is 103 cm³/mol. The van der Waals surface area contributed by atoms with Crippen molar-refractivity contribution >= 4 is 49.0 Å². The summed E-state index contributed by atoms with van der Waals surface area (Å²) in [5.41, 5.74) is 0.278. The molecule has 3 aromatic rings. The molecule has 0 amide bonds. The van der Waals surface area contributed by atoms with E-state index in [2.05, 4.69) is 0 Å². The molecule has 0 spiro atoms. The van der Waals surface area contributed by atoms with E-state index in [9.17, 15) is 13.2 Å². The maximum Gasteiger partial charge on any atom is 0.338 e. The number of hydrogen-bond donors (Lipinski definition) is 0. The number of fused-ring (bicyclic) bond motifs is 1. The number of thiophene rings is 1. The lowest BCUT2D eigenvalue weighted by Gasteiger charge is -2.11. The largest absolute Gasteiger partial charge is 0.456 e. The molecule has 0 saturated heterocycles. The number of carbonyl (C=O) groups excluding carboxylic acids is 1. The van der Waals surface area contributed by atoms with Crippen LogP contribution in [0.15, 0.2) is 53.4 Å². The standard InChI is InChI=1S/C18H16ClNO4S2/c1-20(2)26(22,23)13-9-7-12(8-10-13)18(21)24-11-16-17(19)14-5-3-4-6-15(14)25-16/h3-10H,11H2,1-2H3. The van der Waals surface area contributed by atoms with Crippen molar-refractivity contribution < 1.29 is 17.9 Å². The molecule has 8 heteroatoms. The van der Waals surface area contributed by atoms with Gasteiger partial charge in [0.05, 0.1) is 20.4 Å². The summed E-state index contributed by atoms with van der Waals surface area (Å²) in [6, 6.07) is 13.4. The molecule has 0 bridgehead atoms. The normalized spacial score (nSPS) is 11.8. The van der Waals surface area contributed by atoms with Crippen molar-refractivity contribution in [2.24, 2.45) is 0 Å². The van der Waals surface area contributed by atoms with Crippen molar-refractivity contribution in [3.05, 3.63) is 64.0 Å². The Morgan fingerprint density at radius 1 is 1.12 bits per heavy atom. The first-order valence-corrected chi connectivity index (χ1v) is 10.3. The van der Waals surface area contributed by atoms with E-state index in [-0.39, 0.29) is 17.1 Å². The van der Waals surface area contributed by atoms with E-state index in [4.69, 9.17) is 16.3 Å². The van der Waals surface area contributed by atoms with E-state index >= 15 is 0 Å². The van der Waals surface area contributed by atoms with Gasteiger partial charge in [-0.3, -0.25) is 0 Å². The molecule has 0 fully saturated rings. The average molecular weight is 410 g/mol. The van der Waals surface area contributed by atoms with Gasteiger partial charge in [-0.2, -0.15) is 0 Å². The molecule has 0 saturated carbocycles. The van der Waals surface area contributed by atoms with Crippen molar-refractivity contribution in [3.63, 3.8) is 0 Å². The van der Waals surface area contributed by atoms with Gasteiger partial charge < -0.3 is 4.74 Å². The van der Waals surface area contributed by atoms with Gasteiger partial charge in [-0.1, -0.05) is 29.8 Å². The SMILES string of the molecule is CN(C)S(=O)(=O)c1ccc(C(=O)OCc2sc3ccccc3c2Cl)cc1. The van der Waals surface area contributed by atoms with Crippen molar-refractivity contribution in [2.45, 2.75) is 11.5 Å². The molecule has 0 aliphatic heterocycles. The highest BCUT2D eigenvalue weighted by atomic mass is 35.5. The molecule has 3 rings (SSSR count).